The zero-order valence-corrected chi connectivity index (χ0v) is 13.8. The van der Waals surface area contributed by atoms with E-state index in [1.165, 1.54) is 12.1 Å². The van der Waals surface area contributed by atoms with Gasteiger partial charge in [-0.3, -0.25) is 4.79 Å². The second-order valence-electron chi connectivity index (χ2n) is 4.88. The van der Waals surface area contributed by atoms with Crippen LogP contribution in [0.3, 0.4) is 0 Å². The Morgan fingerprint density at radius 1 is 1.12 bits per heavy atom. The fourth-order valence-corrected chi connectivity index (χ4v) is 2.40. The van der Waals surface area contributed by atoms with E-state index in [0.717, 1.165) is 5.56 Å². The zero-order valence-electron chi connectivity index (χ0n) is 12.3. The summed E-state index contributed by atoms with van der Waals surface area (Å²) in [7, 11) is 0. The van der Waals surface area contributed by atoms with Crippen LogP contribution in [0.25, 0.3) is 0 Å². The Bertz CT molecular complexity index is 850. The summed E-state index contributed by atoms with van der Waals surface area (Å²) in [6.45, 7) is 0.331. The van der Waals surface area contributed by atoms with Gasteiger partial charge in [0.05, 0.1) is 16.8 Å². The van der Waals surface area contributed by atoms with Crippen molar-refractivity contribution >= 4 is 34.8 Å². The summed E-state index contributed by atoms with van der Waals surface area (Å²) in [4.78, 5) is 12.1. The fourth-order valence-electron chi connectivity index (χ4n) is 1.94. The number of amides is 1. The maximum Gasteiger partial charge on any atom is 0.294 e. The van der Waals surface area contributed by atoms with Crippen molar-refractivity contribution in [2.75, 3.05) is 5.32 Å². The highest BCUT2D eigenvalue weighted by Gasteiger charge is 2.15. The number of carbonyl (C=O) groups excluding carboxylic acids is 1. The predicted molar refractivity (Wildman–Crippen MR) is 91.7 cm³/mol. The number of ether oxygens (including phenoxy) is 1. The third-order valence-electron chi connectivity index (χ3n) is 3.12. The molecule has 7 heteroatoms. The molecule has 0 aliphatic carbocycles. The van der Waals surface area contributed by atoms with Gasteiger partial charge in [0, 0.05) is 5.02 Å². The lowest BCUT2D eigenvalue weighted by Crippen LogP contribution is -2.11. The molecule has 1 aromatic heterocycles. The van der Waals surface area contributed by atoms with E-state index in [0.29, 0.717) is 22.3 Å². The van der Waals surface area contributed by atoms with E-state index in [-0.39, 0.29) is 11.6 Å². The summed E-state index contributed by atoms with van der Waals surface area (Å²) in [5, 5.41) is 7.15. The molecule has 0 saturated heterocycles. The van der Waals surface area contributed by atoms with Crippen LogP contribution in [0.4, 0.5) is 5.69 Å². The van der Waals surface area contributed by atoms with Crippen molar-refractivity contribution in [3.63, 3.8) is 0 Å². The van der Waals surface area contributed by atoms with E-state index >= 15 is 0 Å². The van der Waals surface area contributed by atoms with E-state index in [1.807, 2.05) is 30.3 Å². The molecule has 24 heavy (non-hydrogen) atoms. The fraction of sp³-hybridized carbons (Fsp3) is 0.0588. The molecule has 0 fully saturated rings. The summed E-state index contributed by atoms with van der Waals surface area (Å²) < 4.78 is 10.5. The number of halogens is 2. The quantitative estimate of drug-likeness (QED) is 0.706. The highest BCUT2D eigenvalue weighted by atomic mass is 35.5. The van der Waals surface area contributed by atoms with Gasteiger partial charge in [-0.2, -0.15) is 0 Å². The first-order valence-electron chi connectivity index (χ1n) is 7.01. The monoisotopic (exact) mass is 362 g/mol. The Balaban J connectivity index is 1.63. The molecule has 0 radical (unpaired) electrons. The molecular formula is C17H12Cl2N2O3. The van der Waals surface area contributed by atoms with Gasteiger partial charge < -0.3 is 14.6 Å². The normalized spacial score (nSPS) is 10.4. The Morgan fingerprint density at radius 3 is 2.67 bits per heavy atom. The van der Waals surface area contributed by atoms with Gasteiger partial charge in [-0.1, -0.05) is 53.5 Å². The molecular weight excluding hydrogens is 351 g/mol. The van der Waals surface area contributed by atoms with Crippen LogP contribution in [0, 0.1) is 0 Å². The van der Waals surface area contributed by atoms with E-state index in [4.69, 9.17) is 32.5 Å². The van der Waals surface area contributed by atoms with Crippen LogP contribution in [0.1, 0.15) is 16.1 Å². The van der Waals surface area contributed by atoms with Crippen molar-refractivity contribution in [2.45, 2.75) is 6.61 Å². The predicted octanol–water partition coefficient (Wildman–Crippen LogP) is 4.81. The van der Waals surface area contributed by atoms with Crippen LogP contribution in [0.5, 0.6) is 5.88 Å². The number of anilines is 1. The summed E-state index contributed by atoms with van der Waals surface area (Å²) in [6, 6.07) is 15.8. The number of aromatic nitrogens is 1. The Labute approximate surface area is 148 Å². The first-order valence-corrected chi connectivity index (χ1v) is 7.77. The first kappa shape index (κ1) is 16.4. The van der Waals surface area contributed by atoms with E-state index in [1.54, 1.807) is 12.1 Å². The summed E-state index contributed by atoms with van der Waals surface area (Å²) >= 11 is 11.8. The molecule has 0 saturated carbocycles. The molecule has 2 aromatic carbocycles. The second-order valence-corrected chi connectivity index (χ2v) is 5.73. The van der Waals surface area contributed by atoms with Gasteiger partial charge in [0.1, 0.15) is 6.61 Å². The summed E-state index contributed by atoms with van der Waals surface area (Å²) in [5.74, 6) is -0.239. The van der Waals surface area contributed by atoms with Gasteiger partial charge in [0.25, 0.3) is 11.8 Å². The van der Waals surface area contributed by atoms with Crippen molar-refractivity contribution in [1.29, 1.82) is 0 Å². The number of hydrogen-bond acceptors (Lipinski definition) is 4. The van der Waals surface area contributed by atoms with Crippen molar-refractivity contribution < 1.29 is 14.1 Å². The van der Waals surface area contributed by atoms with Gasteiger partial charge in [-0.25, -0.2) is 0 Å². The maximum absolute atomic E-state index is 12.1. The molecule has 0 unspecified atom stereocenters. The van der Waals surface area contributed by atoms with Crippen molar-refractivity contribution in [2.24, 2.45) is 0 Å². The first-order chi connectivity index (χ1) is 11.6. The second kappa shape index (κ2) is 7.38. The van der Waals surface area contributed by atoms with Crippen LogP contribution in [-0.2, 0) is 6.61 Å². The molecule has 0 spiro atoms. The van der Waals surface area contributed by atoms with Crippen LogP contribution in [0.2, 0.25) is 10.0 Å². The highest BCUT2D eigenvalue weighted by molar-refractivity contribution is 6.36. The van der Waals surface area contributed by atoms with Crippen LogP contribution < -0.4 is 10.1 Å². The molecule has 1 N–H and O–H groups in total. The van der Waals surface area contributed by atoms with Crippen LogP contribution >= 0.6 is 23.2 Å². The third-order valence-corrected chi connectivity index (χ3v) is 3.67. The number of hydrogen-bond donors (Lipinski definition) is 1. The lowest BCUT2D eigenvalue weighted by molar-refractivity contribution is 0.0987. The molecule has 3 aromatic rings. The van der Waals surface area contributed by atoms with E-state index in [9.17, 15) is 4.79 Å². The lowest BCUT2D eigenvalue weighted by atomic mass is 10.2. The number of nitrogens with one attached hydrogen (secondary N) is 1. The molecule has 122 valence electrons. The molecule has 1 heterocycles. The maximum atomic E-state index is 12.1. The van der Waals surface area contributed by atoms with Crippen molar-refractivity contribution in [1.82, 2.24) is 5.16 Å². The Hall–Kier alpha value is -2.50. The van der Waals surface area contributed by atoms with E-state index in [2.05, 4.69) is 10.5 Å². The number of nitrogens with zero attached hydrogens (tertiary/aromatic N) is 1. The zero-order chi connectivity index (χ0) is 16.9. The SMILES string of the molecule is O=C(Nc1ccc(Cl)cc1Cl)c1cc(OCc2ccccc2)no1. The topological polar surface area (TPSA) is 64.4 Å². The van der Waals surface area contributed by atoms with Gasteiger partial charge in [0.15, 0.2) is 0 Å². The van der Waals surface area contributed by atoms with Gasteiger partial charge >= 0.3 is 0 Å². The summed E-state index contributed by atoms with van der Waals surface area (Å²) in [5.41, 5.74) is 1.41. The lowest BCUT2D eigenvalue weighted by Gasteiger charge is -2.05. The van der Waals surface area contributed by atoms with Gasteiger partial charge in [-0.15, -0.1) is 0 Å². The minimum absolute atomic E-state index is 0.0177. The minimum atomic E-state index is -0.485. The molecule has 1 amide bonds. The molecule has 3 rings (SSSR count). The average Bonchev–Trinajstić information content (AvgIpc) is 3.05. The highest BCUT2D eigenvalue weighted by Crippen LogP contribution is 2.26. The van der Waals surface area contributed by atoms with Crippen molar-refractivity contribution in [3.8, 4) is 5.88 Å². The van der Waals surface area contributed by atoms with Gasteiger partial charge in [-0.05, 0) is 28.9 Å². The van der Waals surface area contributed by atoms with Crippen LogP contribution in [-0.4, -0.2) is 11.1 Å². The number of benzene rings is 2. The Kier molecular flexibility index (Phi) is 5.03. The molecule has 0 aliphatic heterocycles. The Morgan fingerprint density at radius 2 is 1.92 bits per heavy atom. The third kappa shape index (κ3) is 4.07. The molecule has 0 atom stereocenters. The largest absolute Gasteiger partial charge is 0.471 e. The average molecular weight is 363 g/mol. The minimum Gasteiger partial charge on any atom is -0.471 e. The van der Waals surface area contributed by atoms with Crippen LogP contribution in [0.15, 0.2) is 59.1 Å². The summed E-state index contributed by atoms with van der Waals surface area (Å²) in [6.07, 6.45) is 0. The molecule has 0 bridgehead atoms. The smallest absolute Gasteiger partial charge is 0.294 e. The molecule has 0 aliphatic rings. The number of rotatable bonds is 5. The number of carbonyl (C=O) groups is 1. The standard InChI is InChI=1S/C17H12Cl2N2O3/c18-12-6-7-14(13(19)8-12)20-17(22)15-9-16(21-24-15)23-10-11-4-2-1-3-5-11/h1-9H,10H2,(H,20,22). The van der Waals surface area contributed by atoms with E-state index < -0.39 is 5.91 Å². The van der Waals surface area contributed by atoms with Crippen molar-refractivity contribution in [3.05, 3.63) is 76.0 Å². The molecule has 5 nitrogen and oxygen atoms in total. The van der Waals surface area contributed by atoms with Gasteiger partial charge in [0.2, 0.25) is 5.76 Å².